The zero-order valence-electron chi connectivity index (χ0n) is 9.98. The monoisotopic (exact) mass is 234 g/mol. The fourth-order valence-electron chi connectivity index (χ4n) is 1.88. The Morgan fingerprint density at radius 2 is 2.24 bits per heavy atom. The van der Waals surface area contributed by atoms with Crippen molar-refractivity contribution in [2.75, 3.05) is 13.7 Å². The van der Waals surface area contributed by atoms with E-state index in [0.29, 0.717) is 11.7 Å². The van der Waals surface area contributed by atoms with Gasteiger partial charge in [0.2, 0.25) is 5.91 Å². The van der Waals surface area contributed by atoms with Crippen LogP contribution in [0.1, 0.15) is 24.4 Å². The number of hydrogen-bond acceptors (Lipinski definition) is 3. The summed E-state index contributed by atoms with van der Waals surface area (Å²) in [6.45, 7) is 0.839. The van der Waals surface area contributed by atoms with Gasteiger partial charge < -0.3 is 15.8 Å². The zero-order chi connectivity index (χ0) is 12.3. The minimum absolute atomic E-state index is 0.366. The molecule has 1 saturated carbocycles. The molecule has 1 unspecified atom stereocenters. The van der Waals surface area contributed by atoms with Crippen LogP contribution in [0.4, 0.5) is 0 Å². The fourth-order valence-corrected chi connectivity index (χ4v) is 1.88. The highest BCUT2D eigenvalue weighted by atomic mass is 16.5. The summed E-state index contributed by atoms with van der Waals surface area (Å²) in [5, 5.41) is 3.22. The molecule has 1 aromatic carbocycles. The average molecular weight is 234 g/mol. The fraction of sp³-hybridized carbons (Fsp3) is 0.462. The van der Waals surface area contributed by atoms with Crippen LogP contribution in [-0.2, 0) is 4.79 Å². The molecular weight excluding hydrogens is 216 g/mol. The Morgan fingerprint density at radius 3 is 2.82 bits per heavy atom. The predicted octanol–water partition coefficient (Wildman–Crippen LogP) is 1.22. The Morgan fingerprint density at radius 1 is 1.53 bits per heavy atom. The van der Waals surface area contributed by atoms with Crippen LogP contribution >= 0.6 is 0 Å². The Hall–Kier alpha value is -1.55. The molecule has 0 saturated heterocycles. The number of nitrogens with one attached hydrogen (secondary N) is 1. The van der Waals surface area contributed by atoms with Crippen molar-refractivity contribution >= 4 is 5.91 Å². The van der Waals surface area contributed by atoms with E-state index < -0.39 is 6.04 Å². The highest BCUT2D eigenvalue weighted by Gasteiger charge is 2.26. The molecule has 4 heteroatoms. The standard InChI is InChI=1S/C13H18N2O2/c1-17-11-5-3-2-4-10(11)12(13(14)16)15-8-9-6-7-9/h2-5,9,12,15H,6-8H2,1H3,(H2,14,16). The maximum Gasteiger partial charge on any atom is 0.239 e. The smallest absolute Gasteiger partial charge is 0.239 e. The van der Waals surface area contributed by atoms with Gasteiger partial charge >= 0.3 is 0 Å². The molecule has 0 radical (unpaired) electrons. The molecule has 3 N–H and O–H groups in total. The number of rotatable bonds is 6. The molecule has 1 atom stereocenters. The molecular formula is C13H18N2O2. The molecule has 0 spiro atoms. The summed E-state index contributed by atoms with van der Waals surface area (Å²) in [6, 6.07) is 7.00. The van der Waals surface area contributed by atoms with Crippen LogP contribution in [0.25, 0.3) is 0 Å². The molecule has 0 bridgehead atoms. The highest BCUT2D eigenvalue weighted by Crippen LogP contribution is 2.30. The van der Waals surface area contributed by atoms with E-state index in [1.54, 1.807) is 7.11 Å². The Balaban J connectivity index is 2.14. The molecule has 17 heavy (non-hydrogen) atoms. The van der Waals surface area contributed by atoms with Gasteiger partial charge in [-0.1, -0.05) is 18.2 Å². The molecule has 1 amide bonds. The lowest BCUT2D eigenvalue weighted by atomic mass is 10.0. The van der Waals surface area contributed by atoms with E-state index in [9.17, 15) is 4.79 Å². The van der Waals surface area contributed by atoms with E-state index in [1.807, 2.05) is 24.3 Å². The number of carbonyl (C=O) groups is 1. The summed E-state index contributed by atoms with van der Waals surface area (Å²) in [6.07, 6.45) is 2.48. The first-order chi connectivity index (χ1) is 8.22. The summed E-state index contributed by atoms with van der Waals surface area (Å²) < 4.78 is 5.25. The second-order valence-corrected chi connectivity index (χ2v) is 4.43. The van der Waals surface area contributed by atoms with Crippen LogP contribution in [0.5, 0.6) is 5.75 Å². The van der Waals surface area contributed by atoms with Gasteiger partial charge in [-0.25, -0.2) is 0 Å². The average Bonchev–Trinajstić information content (AvgIpc) is 3.13. The third kappa shape index (κ3) is 2.97. The molecule has 4 nitrogen and oxygen atoms in total. The first-order valence-electron chi connectivity index (χ1n) is 5.88. The van der Waals surface area contributed by atoms with Gasteiger partial charge in [0.1, 0.15) is 11.8 Å². The van der Waals surface area contributed by atoms with E-state index in [4.69, 9.17) is 10.5 Å². The van der Waals surface area contributed by atoms with Gasteiger partial charge in [0.05, 0.1) is 7.11 Å². The highest BCUT2D eigenvalue weighted by molar-refractivity contribution is 5.82. The van der Waals surface area contributed by atoms with E-state index in [1.165, 1.54) is 12.8 Å². The van der Waals surface area contributed by atoms with Crippen molar-refractivity contribution < 1.29 is 9.53 Å². The Labute approximate surface area is 101 Å². The van der Waals surface area contributed by atoms with Gasteiger partial charge in [-0.2, -0.15) is 0 Å². The molecule has 92 valence electrons. The number of carbonyl (C=O) groups excluding carboxylic acids is 1. The van der Waals surface area contributed by atoms with Crippen LogP contribution in [0.3, 0.4) is 0 Å². The lowest BCUT2D eigenvalue weighted by Gasteiger charge is -2.18. The number of para-hydroxylation sites is 1. The van der Waals surface area contributed by atoms with Crippen molar-refractivity contribution in [3.63, 3.8) is 0 Å². The van der Waals surface area contributed by atoms with Gasteiger partial charge in [0.15, 0.2) is 0 Å². The van der Waals surface area contributed by atoms with Crippen molar-refractivity contribution in [3.05, 3.63) is 29.8 Å². The lowest BCUT2D eigenvalue weighted by Crippen LogP contribution is -2.35. The van der Waals surface area contributed by atoms with Crippen molar-refractivity contribution in [1.82, 2.24) is 5.32 Å². The molecule has 0 aromatic heterocycles. The van der Waals surface area contributed by atoms with Gasteiger partial charge in [-0.05, 0) is 31.4 Å². The summed E-state index contributed by atoms with van der Waals surface area (Å²) in [5.41, 5.74) is 6.25. The molecule has 0 aliphatic heterocycles. The van der Waals surface area contributed by atoms with E-state index in [-0.39, 0.29) is 5.91 Å². The number of benzene rings is 1. The number of primary amides is 1. The number of ether oxygens (including phenoxy) is 1. The van der Waals surface area contributed by atoms with Crippen molar-refractivity contribution in [2.24, 2.45) is 11.7 Å². The van der Waals surface area contributed by atoms with Gasteiger partial charge in [0, 0.05) is 5.56 Å². The maximum atomic E-state index is 11.5. The predicted molar refractivity (Wildman–Crippen MR) is 65.7 cm³/mol. The largest absolute Gasteiger partial charge is 0.496 e. The third-order valence-electron chi connectivity index (χ3n) is 3.04. The SMILES string of the molecule is COc1ccccc1C(NCC1CC1)C(N)=O. The molecule has 2 rings (SSSR count). The Kier molecular flexibility index (Phi) is 3.64. The number of amides is 1. The van der Waals surface area contributed by atoms with Crippen LogP contribution < -0.4 is 15.8 Å². The number of hydrogen-bond donors (Lipinski definition) is 2. The molecule has 1 aliphatic rings. The molecule has 0 heterocycles. The van der Waals surface area contributed by atoms with Gasteiger partial charge in [0.25, 0.3) is 0 Å². The van der Waals surface area contributed by atoms with Crippen LogP contribution in [-0.4, -0.2) is 19.6 Å². The van der Waals surface area contributed by atoms with E-state index in [0.717, 1.165) is 12.1 Å². The summed E-state index contributed by atoms with van der Waals surface area (Å²) in [7, 11) is 1.60. The lowest BCUT2D eigenvalue weighted by molar-refractivity contribution is -0.120. The van der Waals surface area contributed by atoms with Gasteiger partial charge in [-0.15, -0.1) is 0 Å². The van der Waals surface area contributed by atoms with Crippen LogP contribution in [0.2, 0.25) is 0 Å². The third-order valence-corrected chi connectivity index (χ3v) is 3.04. The second kappa shape index (κ2) is 5.19. The number of nitrogens with two attached hydrogens (primary N) is 1. The first kappa shape index (κ1) is 11.9. The quantitative estimate of drug-likeness (QED) is 0.778. The topological polar surface area (TPSA) is 64.3 Å². The van der Waals surface area contributed by atoms with Gasteiger partial charge in [-0.3, -0.25) is 4.79 Å². The normalized spacial score (nSPS) is 16.5. The van der Waals surface area contributed by atoms with Crippen LogP contribution in [0, 0.1) is 5.92 Å². The second-order valence-electron chi connectivity index (χ2n) is 4.43. The maximum absolute atomic E-state index is 11.5. The molecule has 1 aliphatic carbocycles. The van der Waals surface area contributed by atoms with Crippen molar-refractivity contribution in [3.8, 4) is 5.75 Å². The molecule has 1 fully saturated rings. The zero-order valence-corrected chi connectivity index (χ0v) is 9.98. The summed E-state index contributed by atoms with van der Waals surface area (Å²) >= 11 is 0. The summed E-state index contributed by atoms with van der Waals surface area (Å²) in [4.78, 5) is 11.5. The minimum Gasteiger partial charge on any atom is -0.496 e. The molecule has 1 aromatic rings. The van der Waals surface area contributed by atoms with E-state index >= 15 is 0 Å². The first-order valence-corrected chi connectivity index (χ1v) is 5.88. The van der Waals surface area contributed by atoms with Crippen molar-refractivity contribution in [1.29, 1.82) is 0 Å². The Bertz CT molecular complexity index is 402. The van der Waals surface area contributed by atoms with E-state index in [2.05, 4.69) is 5.32 Å². The van der Waals surface area contributed by atoms with Crippen molar-refractivity contribution in [2.45, 2.75) is 18.9 Å². The summed E-state index contributed by atoms with van der Waals surface area (Å²) in [5.74, 6) is 1.03. The van der Waals surface area contributed by atoms with Crippen LogP contribution in [0.15, 0.2) is 24.3 Å². The minimum atomic E-state index is -0.466. The number of methoxy groups -OCH3 is 1.